The SMILES string of the molecule is CCNC(=O)C1Cc2ccccc2N1C(=O)CCCBr. The van der Waals surface area contributed by atoms with Crippen molar-refractivity contribution in [3.05, 3.63) is 29.8 Å². The zero-order valence-electron chi connectivity index (χ0n) is 11.6. The molecule has 1 aliphatic heterocycles. The van der Waals surface area contributed by atoms with E-state index in [4.69, 9.17) is 0 Å². The number of anilines is 1. The first-order chi connectivity index (χ1) is 9.69. The highest BCUT2D eigenvalue weighted by Gasteiger charge is 2.37. The lowest BCUT2D eigenvalue weighted by atomic mass is 10.1. The molecule has 0 saturated heterocycles. The van der Waals surface area contributed by atoms with Gasteiger partial charge >= 0.3 is 0 Å². The highest BCUT2D eigenvalue weighted by atomic mass is 79.9. The van der Waals surface area contributed by atoms with E-state index >= 15 is 0 Å². The van der Waals surface area contributed by atoms with Crippen LogP contribution in [0.2, 0.25) is 0 Å². The Morgan fingerprint density at radius 1 is 1.40 bits per heavy atom. The van der Waals surface area contributed by atoms with Gasteiger partial charge in [0.2, 0.25) is 11.8 Å². The van der Waals surface area contributed by atoms with Crippen molar-refractivity contribution in [1.82, 2.24) is 5.32 Å². The summed E-state index contributed by atoms with van der Waals surface area (Å²) >= 11 is 3.34. The predicted molar refractivity (Wildman–Crippen MR) is 83.1 cm³/mol. The molecule has 1 N–H and O–H groups in total. The van der Waals surface area contributed by atoms with E-state index in [1.54, 1.807) is 4.90 Å². The van der Waals surface area contributed by atoms with Crippen molar-refractivity contribution in [3.8, 4) is 0 Å². The average Bonchev–Trinajstić information content (AvgIpc) is 2.84. The number of fused-ring (bicyclic) bond motifs is 1. The van der Waals surface area contributed by atoms with Crippen LogP contribution in [0.25, 0.3) is 0 Å². The van der Waals surface area contributed by atoms with Gasteiger partial charge in [-0.25, -0.2) is 0 Å². The summed E-state index contributed by atoms with van der Waals surface area (Å²) in [6.07, 6.45) is 1.83. The molecule has 0 radical (unpaired) electrons. The molecule has 0 saturated carbocycles. The average molecular weight is 339 g/mol. The number of nitrogens with one attached hydrogen (secondary N) is 1. The third kappa shape index (κ3) is 3.03. The lowest BCUT2D eigenvalue weighted by Crippen LogP contribution is -2.48. The summed E-state index contributed by atoms with van der Waals surface area (Å²) in [6.45, 7) is 2.46. The molecule has 0 aliphatic carbocycles. The Balaban J connectivity index is 2.25. The summed E-state index contributed by atoms with van der Waals surface area (Å²) in [5.74, 6) is -0.0541. The van der Waals surface area contributed by atoms with Crippen molar-refractivity contribution in [1.29, 1.82) is 0 Å². The number of alkyl halides is 1. The molecule has 20 heavy (non-hydrogen) atoms. The van der Waals surface area contributed by atoms with Crippen LogP contribution >= 0.6 is 15.9 Å². The summed E-state index contributed by atoms with van der Waals surface area (Å²) < 4.78 is 0. The van der Waals surface area contributed by atoms with Crippen LogP contribution in [-0.2, 0) is 16.0 Å². The molecule has 2 amide bonds. The highest BCUT2D eigenvalue weighted by molar-refractivity contribution is 9.09. The predicted octanol–water partition coefficient (Wildman–Crippen LogP) is 2.26. The van der Waals surface area contributed by atoms with E-state index in [9.17, 15) is 9.59 Å². The van der Waals surface area contributed by atoms with E-state index in [-0.39, 0.29) is 11.8 Å². The number of nitrogens with zero attached hydrogens (tertiary/aromatic N) is 1. The molecular weight excluding hydrogens is 320 g/mol. The van der Waals surface area contributed by atoms with Crippen LogP contribution in [0.3, 0.4) is 0 Å². The smallest absolute Gasteiger partial charge is 0.243 e. The maximum atomic E-state index is 12.4. The van der Waals surface area contributed by atoms with E-state index < -0.39 is 6.04 Å². The van der Waals surface area contributed by atoms with Crippen molar-refractivity contribution < 1.29 is 9.59 Å². The molecule has 0 fully saturated rings. The fourth-order valence-electron chi connectivity index (χ4n) is 2.53. The third-order valence-electron chi connectivity index (χ3n) is 3.42. The van der Waals surface area contributed by atoms with Gasteiger partial charge in [-0.1, -0.05) is 34.1 Å². The van der Waals surface area contributed by atoms with Crippen molar-refractivity contribution in [2.24, 2.45) is 0 Å². The Bertz CT molecular complexity index is 504. The number of halogens is 1. The monoisotopic (exact) mass is 338 g/mol. The quantitative estimate of drug-likeness (QED) is 0.837. The zero-order chi connectivity index (χ0) is 14.5. The number of likely N-dealkylation sites (N-methyl/N-ethyl adjacent to an activating group) is 1. The zero-order valence-corrected chi connectivity index (χ0v) is 13.1. The summed E-state index contributed by atoms with van der Waals surface area (Å²) in [5.41, 5.74) is 1.94. The molecule has 4 nitrogen and oxygen atoms in total. The van der Waals surface area contributed by atoms with Crippen LogP contribution in [0, 0.1) is 0 Å². The number of carbonyl (C=O) groups is 2. The third-order valence-corrected chi connectivity index (χ3v) is 3.98. The normalized spacial score (nSPS) is 16.9. The first-order valence-corrected chi connectivity index (χ1v) is 8.04. The molecule has 1 atom stereocenters. The van der Waals surface area contributed by atoms with Gasteiger partial charge in [0.05, 0.1) is 0 Å². The fourth-order valence-corrected chi connectivity index (χ4v) is 2.81. The Kier molecular flexibility index (Phi) is 5.17. The van der Waals surface area contributed by atoms with E-state index in [0.29, 0.717) is 19.4 Å². The van der Waals surface area contributed by atoms with Crippen LogP contribution in [0.4, 0.5) is 5.69 Å². The number of carbonyl (C=O) groups excluding carboxylic acids is 2. The minimum absolute atomic E-state index is 0.0191. The van der Waals surface area contributed by atoms with Crippen molar-refractivity contribution >= 4 is 33.4 Å². The highest BCUT2D eigenvalue weighted by Crippen LogP contribution is 2.32. The first-order valence-electron chi connectivity index (χ1n) is 6.92. The van der Waals surface area contributed by atoms with E-state index in [1.165, 1.54) is 0 Å². The molecule has 1 heterocycles. The molecule has 1 unspecified atom stereocenters. The number of benzene rings is 1. The van der Waals surface area contributed by atoms with Gasteiger partial charge < -0.3 is 5.32 Å². The topological polar surface area (TPSA) is 49.4 Å². The standard InChI is InChI=1S/C15H19BrN2O2/c1-2-17-15(20)13-10-11-6-3-4-7-12(11)18(13)14(19)8-5-9-16/h3-4,6-7,13H,2,5,8-10H2,1H3,(H,17,20). The van der Waals surface area contributed by atoms with Crippen molar-refractivity contribution in [2.75, 3.05) is 16.8 Å². The van der Waals surface area contributed by atoms with Gasteiger partial charge in [0.1, 0.15) is 6.04 Å². The molecule has 108 valence electrons. The van der Waals surface area contributed by atoms with Crippen LogP contribution in [0.5, 0.6) is 0 Å². The maximum Gasteiger partial charge on any atom is 0.243 e. The Morgan fingerprint density at radius 3 is 2.85 bits per heavy atom. The summed E-state index contributed by atoms with van der Waals surface area (Å²) in [7, 11) is 0. The van der Waals surface area contributed by atoms with Gasteiger partial charge in [-0.2, -0.15) is 0 Å². The molecule has 0 spiro atoms. The summed E-state index contributed by atoms with van der Waals surface area (Å²) in [6, 6.07) is 7.35. The minimum Gasteiger partial charge on any atom is -0.355 e. The van der Waals surface area contributed by atoms with Crippen LogP contribution in [0.15, 0.2) is 24.3 Å². The Morgan fingerprint density at radius 2 is 2.15 bits per heavy atom. The van der Waals surface area contributed by atoms with E-state index in [2.05, 4.69) is 21.2 Å². The Labute approximate surface area is 127 Å². The molecular formula is C15H19BrN2O2. The second-order valence-corrected chi connectivity index (χ2v) is 5.59. The summed E-state index contributed by atoms with van der Waals surface area (Å²) in [4.78, 5) is 26.3. The van der Waals surface area contributed by atoms with Gasteiger partial charge in [0, 0.05) is 30.4 Å². The van der Waals surface area contributed by atoms with E-state index in [1.807, 2.05) is 31.2 Å². The molecule has 0 aromatic heterocycles. The lowest BCUT2D eigenvalue weighted by Gasteiger charge is -2.24. The molecule has 1 aromatic carbocycles. The molecule has 1 aromatic rings. The Hall–Kier alpha value is -1.36. The number of hydrogen-bond acceptors (Lipinski definition) is 2. The number of amides is 2. The second kappa shape index (κ2) is 6.88. The number of para-hydroxylation sites is 1. The van der Waals surface area contributed by atoms with Crippen LogP contribution < -0.4 is 10.2 Å². The van der Waals surface area contributed by atoms with E-state index in [0.717, 1.165) is 23.0 Å². The van der Waals surface area contributed by atoms with Gasteiger partial charge in [0.25, 0.3) is 0 Å². The van der Waals surface area contributed by atoms with Gasteiger partial charge in [-0.05, 0) is 25.0 Å². The molecule has 1 aliphatic rings. The van der Waals surface area contributed by atoms with Gasteiger partial charge in [-0.3, -0.25) is 14.5 Å². The maximum absolute atomic E-state index is 12.4. The molecule has 0 bridgehead atoms. The molecule has 5 heteroatoms. The van der Waals surface area contributed by atoms with Crippen molar-refractivity contribution in [3.63, 3.8) is 0 Å². The fraction of sp³-hybridized carbons (Fsp3) is 0.467. The number of rotatable bonds is 5. The van der Waals surface area contributed by atoms with Crippen LogP contribution in [-0.4, -0.2) is 29.7 Å². The number of hydrogen-bond donors (Lipinski definition) is 1. The second-order valence-electron chi connectivity index (χ2n) is 4.80. The van der Waals surface area contributed by atoms with Gasteiger partial charge in [-0.15, -0.1) is 0 Å². The first kappa shape index (κ1) is 15.0. The van der Waals surface area contributed by atoms with Gasteiger partial charge in [0.15, 0.2) is 0 Å². The van der Waals surface area contributed by atoms with Crippen molar-refractivity contribution in [2.45, 2.75) is 32.2 Å². The lowest BCUT2D eigenvalue weighted by molar-refractivity contribution is -0.126. The molecule has 2 rings (SSSR count). The van der Waals surface area contributed by atoms with Crippen LogP contribution in [0.1, 0.15) is 25.3 Å². The largest absolute Gasteiger partial charge is 0.355 e. The summed E-state index contributed by atoms with van der Waals surface area (Å²) in [5, 5.41) is 3.61. The minimum atomic E-state index is -0.407.